The molecule has 1 aromatic rings. The van der Waals surface area contributed by atoms with Gasteiger partial charge in [0.1, 0.15) is 11.5 Å². The predicted molar refractivity (Wildman–Crippen MR) is 118 cm³/mol. The Hall–Kier alpha value is -0.470. The van der Waals surface area contributed by atoms with Crippen LogP contribution in [-0.2, 0) is 17.6 Å². The topological polar surface area (TPSA) is 23.1 Å². The van der Waals surface area contributed by atoms with E-state index in [9.17, 15) is 4.55 Å². The van der Waals surface area contributed by atoms with Gasteiger partial charge in [-0.1, -0.05) is 125 Å². The molecule has 0 spiro atoms. The van der Waals surface area contributed by atoms with Crippen molar-refractivity contribution in [1.29, 1.82) is 0 Å². The lowest BCUT2D eigenvalue weighted by Crippen LogP contribution is -2.13. The Morgan fingerprint density at radius 2 is 1.08 bits per heavy atom. The fourth-order valence-corrected chi connectivity index (χ4v) is 4.63. The first-order chi connectivity index (χ1) is 12.8. The van der Waals surface area contributed by atoms with Crippen molar-refractivity contribution in [2.24, 2.45) is 0 Å². The minimum absolute atomic E-state index is 0.637. The van der Waals surface area contributed by atoms with Crippen LogP contribution in [-0.4, -0.2) is 16.1 Å². The highest BCUT2D eigenvalue weighted by molar-refractivity contribution is 7.91. The van der Waals surface area contributed by atoms with Crippen LogP contribution in [0.3, 0.4) is 0 Å². The van der Waals surface area contributed by atoms with Crippen molar-refractivity contribution in [2.45, 2.75) is 103 Å². The first-order valence-electron chi connectivity index (χ1n) is 11.2. The Morgan fingerprint density at radius 1 is 0.615 bits per heavy atom. The van der Waals surface area contributed by atoms with E-state index in [1.165, 1.54) is 89.0 Å². The number of hydrogen-bond acceptors (Lipinski definition) is 1. The maximum Gasteiger partial charge on any atom is 0.109 e. The summed E-state index contributed by atoms with van der Waals surface area (Å²) in [6.07, 6.45) is 20.3. The van der Waals surface area contributed by atoms with Crippen LogP contribution < -0.4 is 0 Å². The molecule has 0 heterocycles. The molecule has 1 unspecified atom stereocenters. The highest BCUT2D eigenvalue weighted by Gasteiger charge is 2.06. The lowest BCUT2D eigenvalue weighted by atomic mass is 10.0. The van der Waals surface area contributed by atoms with E-state index in [-0.39, 0.29) is 0 Å². The lowest BCUT2D eigenvalue weighted by Gasteiger charge is -2.11. The van der Waals surface area contributed by atoms with E-state index in [4.69, 9.17) is 0 Å². The summed E-state index contributed by atoms with van der Waals surface area (Å²) in [5, 5.41) is 0. The van der Waals surface area contributed by atoms with Gasteiger partial charge in [-0.15, -0.1) is 0 Å². The average molecular weight is 379 g/mol. The van der Waals surface area contributed by atoms with Crippen molar-refractivity contribution in [1.82, 2.24) is 0 Å². The van der Waals surface area contributed by atoms with Crippen molar-refractivity contribution in [3.63, 3.8) is 0 Å². The van der Waals surface area contributed by atoms with Crippen LogP contribution in [0.25, 0.3) is 0 Å². The first kappa shape index (κ1) is 23.6. The molecule has 0 saturated heterocycles. The minimum atomic E-state index is -0.637. The molecule has 1 atom stereocenters. The van der Waals surface area contributed by atoms with Gasteiger partial charge in [0, 0.05) is 6.42 Å². The summed E-state index contributed by atoms with van der Waals surface area (Å²) in [7, 11) is 0. The molecule has 2 heteroatoms. The molecule has 1 rings (SSSR count). The van der Waals surface area contributed by atoms with Gasteiger partial charge in [-0.25, -0.2) is 0 Å². The number of hydrogen-bond donors (Lipinski definition) is 0. The van der Waals surface area contributed by atoms with Gasteiger partial charge in [-0.3, -0.25) is 0 Å². The Kier molecular flexibility index (Phi) is 16.2. The van der Waals surface area contributed by atoms with Crippen LogP contribution in [0, 0.1) is 0 Å². The average Bonchev–Trinajstić information content (AvgIpc) is 2.67. The van der Waals surface area contributed by atoms with E-state index < -0.39 is 11.2 Å². The largest absolute Gasteiger partial charge is 0.616 e. The smallest absolute Gasteiger partial charge is 0.109 e. The fourth-order valence-electron chi connectivity index (χ4n) is 3.44. The molecule has 0 aromatic heterocycles. The van der Waals surface area contributed by atoms with Gasteiger partial charge in [0.15, 0.2) is 0 Å². The van der Waals surface area contributed by atoms with Crippen molar-refractivity contribution < 1.29 is 4.55 Å². The quantitative estimate of drug-likeness (QED) is 0.192. The molecule has 0 amide bonds. The first-order valence-corrected chi connectivity index (χ1v) is 12.7. The van der Waals surface area contributed by atoms with Crippen molar-refractivity contribution in [3.05, 3.63) is 35.9 Å². The Morgan fingerprint density at radius 3 is 1.58 bits per heavy atom. The lowest BCUT2D eigenvalue weighted by molar-refractivity contribution is 0.537. The van der Waals surface area contributed by atoms with Crippen LogP contribution in [0.5, 0.6) is 0 Å². The van der Waals surface area contributed by atoms with Gasteiger partial charge in [0.05, 0.1) is 0 Å². The third kappa shape index (κ3) is 14.7. The van der Waals surface area contributed by atoms with Crippen molar-refractivity contribution >= 4 is 11.2 Å². The van der Waals surface area contributed by atoms with Crippen LogP contribution in [0.2, 0.25) is 0 Å². The van der Waals surface area contributed by atoms with E-state index in [1.807, 2.05) is 6.07 Å². The van der Waals surface area contributed by atoms with E-state index in [0.717, 1.165) is 24.3 Å². The van der Waals surface area contributed by atoms with Gasteiger partial charge in [0.2, 0.25) is 0 Å². The van der Waals surface area contributed by atoms with E-state index in [2.05, 4.69) is 31.2 Å². The monoisotopic (exact) mass is 378 g/mol. The second kappa shape index (κ2) is 17.9. The van der Waals surface area contributed by atoms with Crippen LogP contribution in [0.4, 0.5) is 0 Å². The Balaban J connectivity index is 1.77. The summed E-state index contributed by atoms with van der Waals surface area (Å²) in [5.74, 6) is 1.72. The molecular formula is C24H42OS. The van der Waals surface area contributed by atoms with Crippen LogP contribution in [0.1, 0.15) is 102 Å². The molecule has 0 N–H and O–H groups in total. The molecule has 150 valence electrons. The maximum absolute atomic E-state index is 12.0. The zero-order chi connectivity index (χ0) is 18.7. The standard InChI is InChI=1S/C24H42OS/c1-2-3-4-5-6-7-8-9-10-11-12-13-14-18-22-26(25)23-21-24-19-16-15-17-20-24/h15-17,19-20H,2-14,18,21-23H2,1H3. The van der Waals surface area contributed by atoms with E-state index in [1.54, 1.807) is 0 Å². The molecule has 0 bridgehead atoms. The fraction of sp³-hybridized carbons (Fsp3) is 0.750. The maximum atomic E-state index is 12.0. The minimum Gasteiger partial charge on any atom is -0.616 e. The molecule has 0 radical (unpaired) electrons. The second-order valence-electron chi connectivity index (χ2n) is 7.68. The van der Waals surface area contributed by atoms with Crippen LogP contribution >= 0.6 is 0 Å². The molecule has 0 fully saturated rings. The molecule has 0 saturated carbocycles. The third-order valence-corrected chi connectivity index (χ3v) is 6.59. The normalized spacial score (nSPS) is 12.4. The highest BCUT2D eigenvalue weighted by Crippen LogP contribution is 2.13. The number of rotatable bonds is 18. The van der Waals surface area contributed by atoms with Gasteiger partial charge >= 0.3 is 0 Å². The van der Waals surface area contributed by atoms with E-state index >= 15 is 0 Å². The summed E-state index contributed by atoms with van der Waals surface area (Å²) in [4.78, 5) is 0. The summed E-state index contributed by atoms with van der Waals surface area (Å²) in [5.41, 5.74) is 1.31. The SMILES string of the molecule is CCCCCCCCCCCCCCCC[S+]([O-])CCc1ccccc1. The summed E-state index contributed by atoms with van der Waals surface area (Å²) >= 11 is -0.637. The second-order valence-corrected chi connectivity index (χ2v) is 9.38. The molecule has 1 nitrogen and oxygen atoms in total. The number of unbranched alkanes of at least 4 members (excludes halogenated alkanes) is 13. The summed E-state index contributed by atoms with van der Waals surface area (Å²) in [6.45, 7) is 2.28. The van der Waals surface area contributed by atoms with Gasteiger partial charge in [-0.05, 0) is 18.4 Å². The Labute approximate surface area is 166 Å². The predicted octanol–water partition coefficient (Wildman–Crippen LogP) is 7.46. The van der Waals surface area contributed by atoms with Gasteiger partial charge < -0.3 is 4.55 Å². The Bertz CT molecular complexity index is 392. The zero-order valence-electron chi connectivity index (χ0n) is 17.2. The van der Waals surface area contributed by atoms with Crippen LogP contribution in [0.15, 0.2) is 30.3 Å². The van der Waals surface area contributed by atoms with Gasteiger partial charge in [-0.2, -0.15) is 0 Å². The van der Waals surface area contributed by atoms with E-state index in [0.29, 0.717) is 0 Å². The number of benzene rings is 1. The summed E-state index contributed by atoms with van der Waals surface area (Å²) in [6, 6.07) is 10.4. The molecule has 0 aliphatic carbocycles. The molecular weight excluding hydrogens is 336 g/mol. The van der Waals surface area contributed by atoms with Crippen molar-refractivity contribution in [3.8, 4) is 0 Å². The summed E-state index contributed by atoms with van der Waals surface area (Å²) < 4.78 is 12.0. The third-order valence-electron chi connectivity index (χ3n) is 5.19. The van der Waals surface area contributed by atoms with Gasteiger partial charge in [0.25, 0.3) is 0 Å². The molecule has 1 aromatic carbocycles. The number of aryl methyl sites for hydroxylation is 1. The zero-order valence-corrected chi connectivity index (χ0v) is 18.0. The molecule has 0 aliphatic rings. The molecule has 0 aliphatic heterocycles. The van der Waals surface area contributed by atoms with Crippen molar-refractivity contribution in [2.75, 3.05) is 11.5 Å². The molecule has 26 heavy (non-hydrogen) atoms. The highest BCUT2D eigenvalue weighted by atomic mass is 32.2.